The van der Waals surface area contributed by atoms with Crippen LogP contribution in [-0.4, -0.2) is 41.0 Å². The molecular formula is C19H20Cl2N4O3. The van der Waals surface area contributed by atoms with E-state index in [-0.39, 0.29) is 16.9 Å². The monoisotopic (exact) mass is 422 g/mol. The molecule has 2 aromatic rings. The van der Waals surface area contributed by atoms with E-state index in [4.69, 9.17) is 27.9 Å². The molecule has 7 nitrogen and oxygen atoms in total. The summed E-state index contributed by atoms with van der Waals surface area (Å²) in [5.74, 6) is -0.452. The number of amides is 1. The number of esters is 1. The molecular weight excluding hydrogens is 403 g/mol. The maximum absolute atomic E-state index is 12.4. The summed E-state index contributed by atoms with van der Waals surface area (Å²) in [6.45, 7) is 2.84. The topological polar surface area (TPSA) is 84.4 Å². The van der Waals surface area contributed by atoms with Gasteiger partial charge in [0.1, 0.15) is 0 Å². The summed E-state index contributed by atoms with van der Waals surface area (Å²) in [6, 6.07) is 6.68. The summed E-state index contributed by atoms with van der Waals surface area (Å²) in [5, 5.41) is 3.20. The number of nitrogens with one attached hydrogen (secondary N) is 1. The van der Waals surface area contributed by atoms with Crippen LogP contribution in [-0.2, 0) is 14.3 Å². The molecule has 1 N–H and O–H groups in total. The van der Waals surface area contributed by atoms with Gasteiger partial charge >= 0.3 is 5.97 Å². The van der Waals surface area contributed by atoms with Crippen molar-refractivity contribution < 1.29 is 14.3 Å². The van der Waals surface area contributed by atoms with Crippen LogP contribution >= 0.6 is 23.2 Å². The van der Waals surface area contributed by atoms with Crippen molar-refractivity contribution in [2.75, 3.05) is 23.3 Å². The zero-order valence-electron chi connectivity index (χ0n) is 15.3. The van der Waals surface area contributed by atoms with Crippen LogP contribution in [0.4, 0.5) is 11.6 Å². The minimum absolute atomic E-state index is 0.242. The van der Waals surface area contributed by atoms with Gasteiger partial charge in [0.15, 0.2) is 6.10 Å². The zero-order chi connectivity index (χ0) is 20.1. The van der Waals surface area contributed by atoms with Crippen LogP contribution in [0.1, 0.15) is 19.8 Å². The average molecular weight is 423 g/mol. The molecule has 9 heteroatoms. The van der Waals surface area contributed by atoms with E-state index in [1.807, 2.05) is 4.90 Å². The lowest BCUT2D eigenvalue weighted by molar-refractivity contribution is -0.157. The van der Waals surface area contributed by atoms with Gasteiger partial charge < -0.3 is 15.0 Å². The number of benzene rings is 1. The fraction of sp³-hybridized carbons (Fsp3) is 0.368. The number of anilines is 2. The van der Waals surface area contributed by atoms with E-state index in [1.54, 1.807) is 36.7 Å². The third kappa shape index (κ3) is 4.91. The first kappa shape index (κ1) is 20.4. The van der Waals surface area contributed by atoms with Crippen LogP contribution < -0.4 is 10.2 Å². The van der Waals surface area contributed by atoms with Gasteiger partial charge in [-0.1, -0.05) is 29.3 Å². The van der Waals surface area contributed by atoms with E-state index in [2.05, 4.69) is 15.3 Å². The number of carbonyl (C=O) groups excluding carboxylic acids is 2. The minimum atomic E-state index is -0.946. The Morgan fingerprint density at radius 2 is 1.86 bits per heavy atom. The molecule has 1 fully saturated rings. The Labute approximate surface area is 173 Å². The number of rotatable bonds is 5. The number of piperidine rings is 1. The molecule has 0 saturated carbocycles. The van der Waals surface area contributed by atoms with Crippen LogP contribution in [0.2, 0.25) is 10.0 Å². The van der Waals surface area contributed by atoms with Crippen LogP contribution in [0.25, 0.3) is 0 Å². The van der Waals surface area contributed by atoms with Gasteiger partial charge in [-0.3, -0.25) is 9.59 Å². The third-order valence-corrected chi connectivity index (χ3v) is 5.35. The smallest absolute Gasteiger partial charge is 0.309 e. The van der Waals surface area contributed by atoms with Crippen LogP contribution in [0.15, 0.2) is 36.7 Å². The van der Waals surface area contributed by atoms with Crippen LogP contribution in [0.3, 0.4) is 0 Å². The van der Waals surface area contributed by atoms with Gasteiger partial charge in [0.2, 0.25) is 5.95 Å². The lowest BCUT2D eigenvalue weighted by atomic mass is 9.97. The van der Waals surface area contributed by atoms with Gasteiger partial charge in [-0.25, -0.2) is 9.97 Å². The van der Waals surface area contributed by atoms with Crippen molar-refractivity contribution in [2.45, 2.75) is 25.9 Å². The van der Waals surface area contributed by atoms with Crippen molar-refractivity contribution in [3.63, 3.8) is 0 Å². The Morgan fingerprint density at radius 3 is 2.54 bits per heavy atom. The Kier molecular flexibility index (Phi) is 6.70. The maximum Gasteiger partial charge on any atom is 0.309 e. The molecule has 0 radical (unpaired) electrons. The van der Waals surface area contributed by atoms with Crippen LogP contribution in [0.5, 0.6) is 0 Å². The lowest BCUT2D eigenvalue weighted by Gasteiger charge is -2.31. The molecule has 148 valence electrons. The van der Waals surface area contributed by atoms with Crippen molar-refractivity contribution in [2.24, 2.45) is 5.92 Å². The Bertz CT molecular complexity index is 842. The second kappa shape index (κ2) is 9.21. The van der Waals surface area contributed by atoms with E-state index >= 15 is 0 Å². The largest absolute Gasteiger partial charge is 0.452 e. The summed E-state index contributed by atoms with van der Waals surface area (Å²) >= 11 is 12.0. The van der Waals surface area contributed by atoms with E-state index in [1.165, 1.54) is 6.92 Å². The first-order valence-corrected chi connectivity index (χ1v) is 9.68. The lowest BCUT2D eigenvalue weighted by Crippen LogP contribution is -2.39. The molecule has 0 spiro atoms. The second-order valence-corrected chi connectivity index (χ2v) is 7.27. The number of hydrogen-bond donors (Lipinski definition) is 1. The third-order valence-electron chi connectivity index (χ3n) is 4.53. The fourth-order valence-electron chi connectivity index (χ4n) is 2.93. The number of ether oxygens (including phenoxy) is 1. The normalized spacial score (nSPS) is 15.8. The highest BCUT2D eigenvalue weighted by Gasteiger charge is 2.29. The van der Waals surface area contributed by atoms with Gasteiger partial charge in [0, 0.05) is 25.5 Å². The number of halogens is 2. The molecule has 1 aliphatic rings. The highest BCUT2D eigenvalue weighted by atomic mass is 35.5. The van der Waals surface area contributed by atoms with E-state index < -0.39 is 12.0 Å². The number of nitrogens with zero attached hydrogens (tertiary/aromatic N) is 3. The standard InChI is InChI=1S/C19H20Cl2N4O3/c1-12(17(26)24-15-5-2-4-14(20)16(15)21)28-18(27)13-6-10-25(11-7-13)19-22-8-3-9-23-19/h2-5,8-9,12-13H,6-7,10-11H2,1H3,(H,24,26). The number of carbonyl (C=O) groups is 2. The molecule has 1 amide bonds. The van der Waals surface area contributed by atoms with Gasteiger partial charge in [0.25, 0.3) is 5.91 Å². The van der Waals surface area contributed by atoms with Crippen LogP contribution in [0, 0.1) is 5.92 Å². The quantitative estimate of drug-likeness (QED) is 0.741. The second-order valence-electron chi connectivity index (χ2n) is 6.48. The van der Waals surface area contributed by atoms with Crippen molar-refractivity contribution in [3.05, 3.63) is 46.7 Å². The predicted molar refractivity (Wildman–Crippen MR) is 108 cm³/mol. The summed E-state index contributed by atoms with van der Waals surface area (Å²) in [7, 11) is 0. The van der Waals surface area contributed by atoms with Crippen molar-refractivity contribution in [1.29, 1.82) is 0 Å². The van der Waals surface area contributed by atoms with Gasteiger partial charge in [0.05, 0.1) is 21.7 Å². The van der Waals surface area contributed by atoms with Gasteiger partial charge in [-0.15, -0.1) is 0 Å². The van der Waals surface area contributed by atoms with E-state index in [0.29, 0.717) is 42.6 Å². The molecule has 1 saturated heterocycles. The predicted octanol–water partition coefficient (Wildman–Crippen LogP) is 3.57. The fourth-order valence-corrected chi connectivity index (χ4v) is 3.28. The Hall–Kier alpha value is -2.38. The number of aromatic nitrogens is 2. The summed E-state index contributed by atoms with van der Waals surface area (Å²) in [5.41, 5.74) is 0.373. The van der Waals surface area contributed by atoms with Crippen molar-refractivity contribution >= 4 is 46.7 Å². The molecule has 0 bridgehead atoms. The molecule has 2 heterocycles. The molecule has 1 unspecified atom stereocenters. The number of hydrogen-bond acceptors (Lipinski definition) is 6. The summed E-state index contributed by atoms with van der Waals surface area (Å²) in [4.78, 5) is 35.2. The van der Waals surface area contributed by atoms with E-state index in [0.717, 1.165) is 0 Å². The highest BCUT2D eigenvalue weighted by molar-refractivity contribution is 6.44. The average Bonchev–Trinajstić information content (AvgIpc) is 2.72. The van der Waals surface area contributed by atoms with Gasteiger partial charge in [-0.05, 0) is 38.0 Å². The molecule has 0 aliphatic carbocycles. The molecule has 1 aliphatic heterocycles. The summed E-state index contributed by atoms with van der Waals surface area (Å²) in [6.07, 6.45) is 3.67. The Morgan fingerprint density at radius 1 is 1.18 bits per heavy atom. The van der Waals surface area contributed by atoms with Crippen molar-refractivity contribution in [3.8, 4) is 0 Å². The summed E-state index contributed by atoms with van der Waals surface area (Å²) < 4.78 is 5.36. The van der Waals surface area contributed by atoms with Gasteiger partial charge in [-0.2, -0.15) is 0 Å². The van der Waals surface area contributed by atoms with E-state index in [9.17, 15) is 9.59 Å². The van der Waals surface area contributed by atoms with Crippen molar-refractivity contribution in [1.82, 2.24) is 9.97 Å². The minimum Gasteiger partial charge on any atom is -0.452 e. The molecule has 1 aromatic heterocycles. The molecule has 1 aromatic carbocycles. The zero-order valence-corrected chi connectivity index (χ0v) is 16.8. The SMILES string of the molecule is CC(OC(=O)C1CCN(c2ncccn2)CC1)C(=O)Nc1cccc(Cl)c1Cl. The first-order valence-electron chi connectivity index (χ1n) is 8.93. The molecule has 3 rings (SSSR count). The first-order chi connectivity index (χ1) is 13.5. The Balaban J connectivity index is 1.50. The highest BCUT2D eigenvalue weighted by Crippen LogP contribution is 2.29. The molecule has 1 atom stereocenters. The molecule has 28 heavy (non-hydrogen) atoms. The maximum atomic E-state index is 12.4.